The second-order valence-electron chi connectivity index (χ2n) is 4.77. The van der Waals surface area contributed by atoms with Crippen LogP contribution in [0.15, 0.2) is 6.20 Å². The molecular formula is C14H23N3. The molecular weight excluding hydrogens is 210 g/mol. The molecule has 0 fully saturated rings. The van der Waals surface area contributed by atoms with Crippen LogP contribution in [-0.4, -0.2) is 15.0 Å². The maximum atomic E-state index is 4.07. The van der Waals surface area contributed by atoms with Gasteiger partial charge in [-0.15, -0.1) is 16.9 Å². The summed E-state index contributed by atoms with van der Waals surface area (Å²) >= 11 is 0. The number of nitrogens with zero attached hydrogens (tertiary/aromatic N) is 3. The predicted molar refractivity (Wildman–Crippen MR) is 70.4 cm³/mol. The van der Waals surface area contributed by atoms with Gasteiger partial charge in [-0.1, -0.05) is 31.9 Å². The molecule has 1 rings (SSSR count). The van der Waals surface area contributed by atoms with E-state index in [1.54, 1.807) is 4.68 Å². The molecule has 0 amide bonds. The first-order chi connectivity index (χ1) is 8.18. The van der Waals surface area contributed by atoms with Crippen molar-refractivity contribution >= 4 is 0 Å². The SMILES string of the molecule is CC(C)C#CCCCCCCc1cn(C)nn1. The van der Waals surface area contributed by atoms with Crippen LogP contribution in [0, 0.1) is 17.8 Å². The Balaban J connectivity index is 1.97. The molecule has 94 valence electrons. The van der Waals surface area contributed by atoms with Crippen molar-refractivity contribution in [2.24, 2.45) is 13.0 Å². The van der Waals surface area contributed by atoms with Gasteiger partial charge < -0.3 is 0 Å². The quantitative estimate of drug-likeness (QED) is 0.558. The average molecular weight is 233 g/mol. The molecule has 0 saturated heterocycles. The van der Waals surface area contributed by atoms with E-state index in [0.717, 1.165) is 18.5 Å². The van der Waals surface area contributed by atoms with Gasteiger partial charge in [0.25, 0.3) is 0 Å². The average Bonchev–Trinajstić information content (AvgIpc) is 2.68. The minimum Gasteiger partial charge on any atom is -0.255 e. The van der Waals surface area contributed by atoms with E-state index in [1.165, 1.54) is 25.7 Å². The molecule has 0 bridgehead atoms. The lowest BCUT2D eigenvalue weighted by molar-refractivity contribution is 0.643. The molecule has 0 saturated carbocycles. The molecule has 0 spiro atoms. The van der Waals surface area contributed by atoms with Crippen molar-refractivity contribution in [1.82, 2.24) is 15.0 Å². The molecule has 3 nitrogen and oxygen atoms in total. The number of aryl methyl sites for hydroxylation is 2. The van der Waals surface area contributed by atoms with Crippen LogP contribution < -0.4 is 0 Å². The zero-order valence-corrected chi connectivity index (χ0v) is 11.2. The number of aromatic nitrogens is 3. The van der Waals surface area contributed by atoms with Crippen LogP contribution in [0.3, 0.4) is 0 Å². The van der Waals surface area contributed by atoms with Crippen molar-refractivity contribution in [1.29, 1.82) is 0 Å². The highest BCUT2D eigenvalue weighted by Crippen LogP contribution is 2.06. The lowest BCUT2D eigenvalue weighted by atomic mass is 10.1. The van der Waals surface area contributed by atoms with E-state index in [2.05, 4.69) is 36.0 Å². The van der Waals surface area contributed by atoms with E-state index in [1.807, 2.05) is 13.2 Å². The zero-order valence-electron chi connectivity index (χ0n) is 11.2. The van der Waals surface area contributed by atoms with Gasteiger partial charge in [0.1, 0.15) is 0 Å². The Morgan fingerprint density at radius 3 is 2.65 bits per heavy atom. The summed E-state index contributed by atoms with van der Waals surface area (Å²) in [6.45, 7) is 4.27. The Kier molecular flexibility index (Phi) is 6.39. The van der Waals surface area contributed by atoms with Crippen molar-refractivity contribution in [3.8, 4) is 11.8 Å². The fourth-order valence-corrected chi connectivity index (χ4v) is 1.66. The summed E-state index contributed by atoms with van der Waals surface area (Å²) in [5, 5.41) is 7.99. The predicted octanol–water partition coefficient (Wildman–Crippen LogP) is 2.97. The fraction of sp³-hybridized carbons (Fsp3) is 0.714. The highest BCUT2D eigenvalue weighted by molar-refractivity contribution is 5.00. The van der Waals surface area contributed by atoms with Gasteiger partial charge >= 0.3 is 0 Å². The Bertz CT molecular complexity index is 368. The van der Waals surface area contributed by atoms with Crippen LogP contribution in [0.1, 0.15) is 51.6 Å². The van der Waals surface area contributed by atoms with Crippen LogP contribution in [-0.2, 0) is 13.5 Å². The molecule has 0 aromatic carbocycles. The molecule has 0 atom stereocenters. The van der Waals surface area contributed by atoms with E-state index in [-0.39, 0.29) is 0 Å². The third-order valence-corrected chi connectivity index (χ3v) is 2.53. The first-order valence-electron chi connectivity index (χ1n) is 6.52. The third-order valence-electron chi connectivity index (χ3n) is 2.53. The Labute approximate surface area is 105 Å². The fourth-order valence-electron chi connectivity index (χ4n) is 1.66. The summed E-state index contributed by atoms with van der Waals surface area (Å²) in [6, 6.07) is 0. The van der Waals surface area contributed by atoms with E-state index in [4.69, 9.17) is 0 Å². The monoisotopic (exact) mass is 233 g/mol. The molecule has 3 heteroatoms. The second kappa shape index (κ2) is 7.89. The molecule has 1 heterocycles. The zero-order chi connectivity index (χ0) is 12.5. The number of rotatable bonds is 6. The van der Waals surface area contributed by atoms with Gasteiger partial charge in [0, 0.05) is 25.6 Å². The summed E-state index contributed by atoms with van der Waals surface area (Å²) in [4.78, 5) is 0. The van der Waals surface area contributed by atoms with Crippen molar-refractivity contribution in [2.45, 2.75) is 52.4 Å². The maximum absolute atomic E-state index is 4.07. The number of hydrogen-bond donors (Lipinski definition) is 0. The van der Waals surface area contributed by atoms with Gasteiger partial charge in [-0.05, 0) is 19.3 Å². The summed E-state index contributed by atoms with van der Waals surface area (Å²) in [5.41, 5.74) is 1.10. The first-order valence-corrected chi connectivity index (χ1v) is 6.52. The van der Waals surface area contributed by atoms with Gasteiger partial charge in [-0.3, -0.25) is 4.68 Å². The molecule has 0 aliphatic rings. The lowest BCUT2D eigenvalue weighted by Crippen LogP contribution is -1.86. The van der Waals surface area contributed by atoms with Crippen molar-refractivity contribution in [2.75, 3.05) is 0 Å². The highest BCUT2D eigenvalue weighted by Gasteiger charge is 1.97. The summed E-state index contributed by atoms with van der Waals surface area (Å²) in [7, 11) is 1.91. The smallest absolute Gasteiger partial charge is 0.0827 e. The minimum atomic E-state index is 0.506. The van der Waals surface area contributed by atoms with Gasteiger partial charge in [-0.2, -0.15) is 0 Å². The normalized spacial score (nSPS) is 10.4. The van der Waals surface area contributed by atoms with Crippen LogP contribution in [0.5, 0.6) is 0 Å². The Morgan fingerprint density at radius 2 is 2.00 bits per heavy atom. The van der Waals surface area contributed by atoms with E-state index in [9.17, 15) is 0 Å². The molecule has 0 radical (unpaired) electrons. The maximum Gasteiger partial charge on any atom is 0.0827 e. The van der Waals surface area contributed by atoms with Gasteiger partial charge in [-0.25, -0.2) is 0 Å². The molecule has 0 aliphatic carbocycles. The lowest BCUT2D eigenvalue weighted by Gasteiger charge is -1.97. The molecule has 1 aromatic heterocycles. The van der Waals surface area contributed by atoms with E-state index in [0.29, 0.717) is 5.92 Å². The Hall–Kier alpha value is -1.30. The van der Waals surface area contributed by atoms with Gasteiger partial charge in [0.15, 0.2) is 0 Å². The van der Waals surface area contributed by atoms with Crippen LogP contribution in [0.4, 0.5) is 0 Å². The number of hydrogen-bond acceptors (Lipinski definition) is 2. The van der Waals surface area contributed by atoms with Crippen molar-refractivity contribution < 1.29 is 0 Å². The minimum absolute atomic E-state index is 0.506. The van der Waals surface area contributed by atoms with Crippen LogP contribution in [0.2, 0.25) is 0 Å². The summed E-state index contributed by atoms with van der Waals surface area (Å²) < 4.78 is 1.76. The van der Waals surface area contributed by atoms with Crippen molar-refractivity contribution in [3.05, 3.63) is 11.9 Å². The Morgan fingerprint density at radius 1 is 1.24 bits per heavy atom. The number of unbranched alkanes of at least 4 members (excludes halogenated alkanes) is 4. The topological polar surface area (TPSA) is 30.7 Å². The van der Waals surface area contributed by atoms with Crippen LogP contribution in [0.25, 0.3) is 0 Å². The van der Waals surface area contributed by atoms with Crippen LogP contribution >= 0.6 is 0 Å². The summed E-state index contributed by atoms with van der Waals surface area (Å²) in [6.07, 6.45) is 9.05. The summed E-state index contributed by atoms with van der Waals surface area (Å²) in [5.74, 6) is 6.92. The van der Waals surface area contributed by atoms with E-state index >= 15 is 0 Å². The molecule has 17 heavy (non-hydrogen) atoms. The molecule has 1 aromatic rings. The standard InChI is InChI=1S/C14H23N3/c1-13(2)10-8-6-4-5-7-9-11-14-12-17(3)16-15-14/h12-13H,4-7,9,11H2,1-3H3. The molecule has 0 unspecified atom stereocenters. The van der Waals surface area contributed by atoms with E-state index < -0.39 is 0 Å². The largest absolute Gasteiger partial charge is 0.255 e. The first kappa shape index (κ1) is 13.8. The molecule has 0 N–H and O–H groups in total. The van der Waals surface area contributed by atoms with Crippen molar-refractivity contribution in [3.63, 3.8) is 0 Å². The van der Waals surface area contributed by atoms with Gasteiger partial charge in [0.05, 0.1) is 5.69 Å². The highest BCUT2D eigenvalue weighted by atomic mass is 15.4. The van der Waals surface area contributed by atoms with Gasteiger partial charge in [0.2, 0.25) is 0 Å². The third kappa shape index (κ3) is 6.78. The second-order valence-corrected chi connectivity index (χ2v) is 4.77. The molecule has 0 aliphatic heterocycles.